The lowest BCUT2D eigenvalue weighted by Gasteiger charge is -2.22. The van der Waals surface area contributed by atoms with E-state index in [1.54, 1.807) is 0 Å². The molecule has 2 bridgehead atoms. The number of Topliss-reactive ketones (excluding diaryl/α,β-unsaturated/α-hetero) is 2. The molecule has 82 valence electrons. The first-order valence-corrected chi connectivity index (χ1v) is 6.26. The van der Waals surface area contributed by atoms with Gasteiger partial charge in [-0.1, -0.05) is 19.8 Å². The van der Waals surface area contributed by atoms with E-state index in [4.69, 9.17) is 0 Å². The Kier molecular flexibility index (Phi) is 2.02. The molecule has 3 fully saturated rings. The minimum absolute atomic E-state index is 0.159. The van der Waals surface area contributed by atoms with Crippen molar-refractivity contribution in [2.75, 3.05) is 0 Å². The van der Waals surface area contributed by atoms with Gasteiger partial charge in [0.15, 0.2) is 0 Å². The fourth-order valence-electron chi connectivity index (χ4n) is 4.29. The maximum Gasteiger partial charge on any atom is 0.139 e. The van der Waals surface area contributed by atoms with E-state index in [0.29, 0.717) is 29.8 Å². The average molecular weight is 206 g/mol. The number of ketones is 2. The molecule has 0 aliphatic heterocycles. The van der Waals surface area contributed by atoms with Crippen molar-refractivity contribution in [2.45, 2.75) is 39.0 Å². The van der Waals surface area contributed by atoms with Gasteiger partial charge >= 0.3 is 0 Å². The molecular weight excluding hydrogens is 188 g/mol. The highest BCUT2D eigenvalue weighted by atomic mass is 16.1. The van der Waals surface area contributed by atoms with Crippen molar-refractivity contribution in [3.8, 4) is 0 Å². The Morgan fingerprint density at radius 2 is 1.73 bits per heavy atom. The third-order valence-corrected chi connectivity index (χ3v) is 5.01. The van der Waals surface area contributed by atoms with Crippen LogP contribution in [0.4, 0.5) is 0 Å². The second-order valence-electron chi connectivity index (χ2n) is 5.60. The molecule has 3 aliphatic rings. The zero-order valence-electron chi connectivity index (χ0n) is 9.24. The van der Waals surface area contributed by atoms with E-state index in [2.05, 4.69) is 0 Å². The molecule has 3 saturated carbocycles. The Balaban J connectivity index is 1.98. The molecule has 0 radical (unpaired) electrons. The summed E-state index contributed by atoms with van der Waals surface area (Å²) in [6, 6.07) is 0. The average Bonchev–Trinajstić information content (AvgIpc) is 2.52. The highest BCUT2D eigenvalue weighted by Gasteiger charge is 2.56. The summed E-state index contributed by atoms with van der Waals surface area (Å²) in [6.45, 7) is 2.04. The molecule has 0 saturated heterocycles. The Labute approximate surface area is 90.4 Å². The number of carbonyl (C=O) groups excluding carboxylic acids is 2. The molecule has 0 amide bonds. The molecule has 0 unspecified atom stereocenters. The molecule has 15 heavy (non-hydrogen) atoms. The normalized spacial score (nSPS) is 49.3. The number of hydrogen-bond donors (Lipinski definition) is 0. The van der Waals surface area contributed by atoms with E-state index < -0.39 is 0 Å². The first-order chi connectivity index (χ1) is 7.20. The van der Waals surface area contributed by atoms with Gasteiger partial charge < -0.3 is 0 Å². The van der Waals surface area contributed by atoms with Gasteiger partial charge in [0.05, 0.1) is 0 Å². The Bertz CT molecular complexity index is 320. The van der Waals surface area contributed by atoms with Gasteiger partial charge in [0.1, 0.15) is 11.6 Å². The Morgan fingerprint density at radius 3 is 2.47 bits per heavy atom. The molecule has 3 rings (SSSR count). The van der Waals surface area contributed by atoms with Crippen molar-refractivity contribution in [1.82, 2.24) is 0 Å². The summed E-state index contributed by atoms with van der Waals surface area (Å²) >= 11 is 0. The summed E-state index contributed by atoms with van der Waals surface area (Å²) in [5.41, 5.74) is 0. The quantitative estimate of drug-likeness (QED) is 0.609. The lowest BCUT2D eigenvalue weighted by molar-refractivity contribution is -0.126. The van der Waals surface area contributed by atoms with Crippen LogP contribution in [0.5, 0.6) is 0 Å². The maximum atomic E-state index is 12.2. The lowest BCUT2D eigenvalue weighted by atomic mass is 9.81. The van der Waals surface area contributed by atoms with Gasteiger partial charge in [-0.05, 0) is 24.7 Å². The predicted molar refractivity (Wildman–Crippen MR) is 56.2 cm³/mol. The van der Waals surface area contributed by atoms with Gasteiger partial charge in [0.25, 0.3) is 0 Å². The topological polar surface area (TPSA) is 34.1 Å². The fourth-order valence-corrected chi connectivity index (χ4v) is 4.29. The van der Waals surface area contributed by atoms with E-state index in [0.717, 1.165) is 12.8 Å². The van der Waals surface area contributed by atoms with Crippen LogP contribution < -0.4 is 0 Å². The highest BCUT2D eigenvalue weighted by molar-refractivity contribution is 5.93. The van der Waals surface area contributed by atoms with E-state index in [9.17, 15) is 9.59 Å². The fraction of sp³-hybridized carbons (Fsp3) is 0.846. The van der Waals surface area contributed by atoms with Crippen LogP contribution in [0.1, 0.15) is 39.0 Å². The van der Waals surface area contributed by atoms with Gasteiger partial charge in [-0.2, -0.15) is 0 Å². The number of rotatable bonds is 0. The molecular formula is C13H18O2. The van der Waals surface area contributed by atoms with Gasteiger partial charge in [0.2, 0.25) is 0 Å². The summed E-state index contributed by atoms with van der Waals surface area (Å²) in [4.78, 5) is 23.9. The molecule has 0 spiro atoms. The molecule has 0 aromatic heterocycles. The number of carbonyl (C=O) groups is 2. The van der Waals surface area contributed by atoms with Gasteiger partial charge in [0, 0.05) is 24.2 Å². The van der Waals surface area contributed by atoms with Crippen LogP contribution in [0.3, 0.4) is 0 Å². The van der Waals surface area contributed by atoms with Crippen molar-refractivity contribution < 1.29 is 9.59 Å². The monoisotopic (exact) mass is 206 g/mol. The zero-order valence-corrected chi connectivity index (χ0v) is 9.24. The summed E-state index contributed by atoms with van der Waals surface area (Å²) in [5, 5.41) is 0. The molecule has 0 N–H and O–H groups in total. The standard InChI is InChI=1S/C13H18O2/c1-7-11(14)6-10-8-4-2-3-5-9(12(7)10)13(8)15/h7-10,12H,2-6H2,1H3/t7-,8+,9-,10+,12-/m0/s1. The van der Waals surface area contributed by atoms with Crippen LogP contribution >= 0.6 is 0 Å². The van der Waals surface area contributed by atoms with Crippen molar-refractivity contribution in [1.29, 1.82) is 0 Å². The molecule has 0 heterocycles. The van der Waals surface area contributed by atoms with Crippen LogP contribution in [0.2, 0.25) is 0 Å². The lowest BCUT2D eigenvalue weighted by Crippen LogP contribution is -2.22. The van der Waals surface area contributed by atoms with Crippen molar-refractivity contribution >= 4 is 11.6 Å². The second kappa shape index (κ2) is 3.16. The minimum atomic E-state index is 0.159. The van der Waals surface area contributed by atoms with Gasteiger partial charge in [-0.15, -0.1) is 0 Å². The summed E-state index contributed by atoms with van der Waals surface area (Å²) < 4.78 is 0. The van der Waals surface area contributed by atoms with Crippen molar-refractivity contribution in [2.24, 2.45) is 29.6 Å². The van der Waals surface area contributed by atoms with Crippen LogP contribution in [-0.4, -0.2) is 11.6 Å². The van der Waals surface area contributed by atoms with Crippen LogP contribution in [0.15, 0.2) is 0 Å². The molecule has 0 aromatic carbocycles. The highest BCUT2D eigenvalue weighted by Crippen LogP contribution is 2.54. The van der Waals surface area contributed by atoms with E-state index in [1.165, 1.54) is 12.8 Å². The Hall–Kier alpha value is -0.660. The van der Waals surface area contributed by atoms with Gasteiger partial charge in [-0.25, -0.2) is 0 Å². The van der Waals surface area contributed by atoms with Crippen molar-refractivity contribution in [3.63, 3.8) is 0 Å². The third kappa shape index (κ3) is 1.17. The maximum absolute atomic E-state index is 12.2. The van der Waals surface area contributed by atoms with E-state index in [1.807, 2.05) is 6.92 Å². The summed E-state index contributed by atoms with van der Waals surface area (Å²) in [5.74, 6) is 2.39. The second-order valence-corrected chi connectivity index (χ2v) is 5.60. The molecule has 5 atom stereocenters. The predicted octanol–water partition coefficient (Wildman–Crippen LogP) is 2.22. The number of fused-ring (bicyclic) bond motifs is 5. The first kappa shape index (κ1) is 9.56. The molecule has 2 nitrogen and oxygen atoms in total. The van der Waals surface area contributed by atoms with E-state index in [-0.39, 0.29) is 17.8 Å². The summed E-state index contributed by atoms with van der Waals surface area (Å²) in [6.07, 6.45) is 5.18. The van der Waals surface area contributed by atoms with Gasteiger partial charge in [-0.3, -0.25) is 9.59 Å². The first-order valence-electron chi connectivity index (χ1n) is 6.26. The molecule has 3 aliphatic carbocycles. The number of hydrogen-bond acceptors (Lipinski definition) is 2. The smallest absolute Gasteiger partial charge is 0.139 e. The van der Waals surface area contributed by atoms with E-state index >= 15 is 0 Å². The van der Waals surface area contributed by atoms with Crippen LogP contribution in [0, 0.1) is 29.6 Å². The zero-order chi connectivity index (χ0) is 10.6. The summed E-state index contributed by atoms with van der Waals surface area (Å²) in [7, 11) is 0. The minimum Gasteiger partial charge on any atom is -0.299 e. The molecule has 2 heteroatoms. The van der Waals surface area contributed by atoms with Crippen LogP contribution in [0.25, 0.3) is 0 Å². The third-order valence-electron chi connectivity index (χ3n) is 5.01. The van der Waals surface area contributed by atoms with Crippen molar-refractivity contribution in [3.05, 3.63) is 0 Å². The molecule has 0 aromatic rings. The van der Waals surface area contributed by atoms with Crippen LogP contribution in [-0.2, 0) is 9.59 Å². The Morgan fingerprint density at radius 1 is 1.07 bits per heavy atom. The SMILES string of the molecule is C[C@H]1C(=O)C[C@H]2[C@@H]1[C@@H]1CCCC[C@H]2C1=O. The largest absolute Gasteiger partial charge is 0.299 e.